The van der Waals surface area contributed by atoms with Gasteiger partial charge in [-0.25, -0.2) is 0 Å². The van der Waals surface area contributed by atoms with E-state index in [1.807, 2.05) is 0 Å². The van der Waals surface area contributed by atoms with Crippen LogP contribution in [0.5, 0.6) is 0 Å². The first kappa shape index (κ1) is 20.8. The molecule has 22 heavy (non-hydrogen) atoms. The highest BCUT2D eigenvalue weighted by atomic mass is 127. The van der Waals surface area contributed by atoms with Crippen molar-refractivity contribution in [3.05, 3.63) is 13.3 Å². The van der Waals surface area contributed by atoms with Crippen molar-refractivity contribution in [2.24, 2.45) is 0 Å². The standard InChI is InChI=1S/C17H29BrClIN2/c1-4-6-8-9-11-13-17(3,12-10-7-5-2)22-15(18)14(20)16(19)21-22/h4-13H2,1-3H3. The van der Waals surface area contributed by atoms with Crippen molar-refractivity contribution in [1.29, 1.82) is 0 Å². The Kier molecular flexibility index (Phi) is 9.95. The molecule has 128 valence electrons. The molecule has 0 amide bonds. The van der Waals surface area contributed by atoms with Crippen molar-refractivity contribution < 1.29 is 0 Å². The number of rotatable bonds is 11. The fraction of sp³-hybridized carbons (Fsp3) is 0.824. The number of halogens is 3. The second kappa shape index (κ2) is 10.5. The molecular weight excluding hydrogens is 474 g/mol. The Balaban J connectivity index is 2.78. The van der Waals surface area contributed by atoms with Crippen molar-refractivity contribution in [3.63, 3.8) is 0 Å². The minimum atomic E-state index is 0.0628. The van der Waals surface area contributed by atoms with E-state index in [1.165, 1.54) is 64.2 Å². The van der Waals surface area contributed by atoms with E-state index in [0.717, 1.165) is 8.17 Å². The smallest absolute Gasteiger partial charge is 0.165 e. The Hall–Kier alpha value is 0.710. The topological polar surface area (TPSA) is 17.8 Å². The lowest BCUT2D eigenvalue weighted by Gasteiger charge is -2.31. The Bertz CT molecular complexity index is 450. The van der Waals surface area contributed by atoms with Crippen molar-refractivity contribution in [2.45, 2.75) is 90.5 Å². The molecule has 1 atom stereocenters. The molecule has 0 aliphatic heterocycles. The van der Waals surface area contributed by atoms with Crippen LogP contribution in [0.15, 0.2) is 4.60 Å². The van der Waals surface area contributed by atoms with Crippen LogP contribution in [0.1, 0.15) is 85.0 Å². The number of hydrogen-bond acceptors (Lipinski definition) is 1. The van der Waals surface area contributed by atoms with Crippen LogP contribution in [-0.4, -0.2) is 9.78 Å². The highest BCUT2D eigenvalue weighted by Gasteiger charge is 2.30. The minimum absolute atomic E-state index is 0.0628. The largest absolute Gasteiger partial charge is 0.250 e. The van der Waals surface area contributed by atoms with Crippen LogP contribution in [0.3, 0.4) is 0 Å². The van der Waals surface area contributed by atoms with Crippen molar-refractivity contribution in [2.75, 3.05) is 0 Å². The molecule has 1 rings (SSSR count). The maximum absolute atomic E-state index is 6.24. The molecule has 0 aliphatic carbocycles. The van der Waals surface area contributed by atoms with E-state index in [0.29, 0.717) is 5.15 Å². The number of aromatic nitrogens is 2. The molecule has 0 N–H and O–H groups in total. The predicted molar refractivity (Wildman–Crippen MR) is 109 cm³/mol. The van der Waals surface area contributed by atoms with Crippen molar-refractivity contribution >= 4 is 50.1 Å². The number of unbranched alkanes of at least 4 members (excludes halogenated alkanes) is 6. The van der Waals surface area contributed by atoms with E-state index in [-0.39, 0.29) is 5.54 Å². The van der Waals surface area contributed by atoms with Crippen molar-refractivity contribution in [1.82, 2.24) is 9.78 Å². The number of hydrogen-bond donors (Lipinski definition) is 0. The zero-order chi connectivity index (χ0) is 16.6. The van der Waals surface area contributed by atoms with Gasteiger partial charge in [-0.3, -0.25) is 4.68 Å². The molecule has 5 heteroatoms. The van der Waals surface area contributed by atoms with Gasteiger partial charge in [0.05, 0.1) is 9.11 Å². The van der Waals surface area contributed by atoms with E-state index in [2.05, 4.69) is 69.1 Å². The van der Waals surface area contributed by atoms with E-state index >= 15 is 0 Å². The lowest BCUT2D eigenvalue weighted by atomic mass is 9.88. The molecule has 1 heterocycles. The Morgan fingerprint density at radius 2 is 1.55 bits per heavy atom. The highest BCUT2D eigenvalue weighted by Crippen LogP contribution is 2.36. The van der Waals surface area contributed by atoms with E-state index in [4.69, 9.17) is 11.6 Å². The van der Waals surface area contributed by atoms with E-state index in [9.17, 15) is 0 Å². The van der Waals surface area contributed by atoms with Gasteiger partial charge < -0.3 is 0 Å². The Labute approximate surface area is 163 Å². The van der Waals surface area contributed by atoms with Gasteiger partial charge in [-0.05, 0) is 58.3 Å². The summed E-state index contributed by atoms with van der Waals surface area (Å²) in [5.41, 5.74) is 0.0628. The molecular formula is C17H29BrClIN2. The van der Waals surface area contributed by atoms with Crippen molar-refractivity contribution in [3.8, 4) is 0 Å². The molecule has 0 saturated heterocycles. The maximum atomic E-state index is 6.24. The average Bonchev–Trinajstić information content (AvgIpc) is 2.75. The predicted octanol–water partition coefficient (Wildman–Crippen LogP) is 7.56. The van der Waals surface area contributed by atoms with Gasteiger partial charge >= 0.3 is 0 Å². The van der Waals surface area contributed by atoms with Crippen LogP contribution in [0.2, 0.25) is 5.15 Å². The maximum Gasteiger partial charge on any atom is 0.165 e. The summed E-state index contributed by atoms with van der Waals surface area (Å²) in [6.07, 6.45) is 12.7. The zero-order valence-corrected chi connectivity index (χ0v) is 18.6. The quantitative estimate of drug-likeness (QED) is 0.225. The molecule has 0 bridgehead atoms. The summed E-state index contributed by atoms with van der Waals surface area (Å²) in [5.74, 6) is 0. The van der Waals surface area contributed by atoms with Gasteiger partial charge in [-0.1, -0.05) is 76.8 Å². The summed E-state index contributed by atoms with van der Waals surface area (Å²) >= 11 is 12.2. The van der Waals surface area contributed by atoms with Gasteiger partial charge in [0.2, 0.25) is 0 Å². The first-order valence-corrected chi connectivity index (χ1v) is 10.8. The molecule has 0 radical (unpaired) electrons. The van der Waals surface area contributed by atoms with Crippen LogP contribution in [0.25, 0.3) is 0 Å². The summed E-state index contributed by atoms with van der Waals surface area (Å²) in [4.78, 5) is 0. The number of nitrogens with zero attached hydrogens (tertiary/aromatic N) is 2. The monoisotopic (exact) mass is 502 g/mol. The summed E-state index contributed by atoms with van der Waals surface area (Å²) < 4.78 is 4.18. The van der Waals surface area contributed by atoms with Gasteiger partial charge in [-0.2, -0.15) is 5.10 Å². The zero-order valence-electron chi connectivity index (χ0n) is 14.1. The molecule has 1 aromatic heterocycles. The average molecular weight is 504 g/mol. The summed E-state index contributed by atoms with van der Waals surface area (Å²) in [6, 6.07) is 0. The second-order valence-corrected chi connectivity index (χ2v) is 8.61. The fourth-order valence-corrected chi connectivity index (χ4v) is 4.22. The summed E-state index contributed by atoms with van der Waals surface area (Å²) in [6.45, 7) is 6.86. The molecule has 1 aromatic rings. The summed E-state index contributed by atoms with van der Waals surface area (Å²) in [7, 11) is 0. The third-order valence-electron chi connectivity index (χ3n) is 4.39. The van der Waals surface area contributed by atoms with E-state index < -0.39 is 0 Å². The first-order chi connectivity index (χ1) is 10.5. The van der Waals surface area contributed by atoms with Crippen LogP contribution in [-0.2, 0) is 5.54 Å². The first-order valence-electron chi connectivity index (χ1n) is 8.56. The fourth-order valence-electron chi connectivity index (χ4n) is 2.91. The van der Waals surface area contributed by atoms with Gasteiger partial charge in [0.1, 0.15) is 4.60 Å². The molecule has 0 spiro atoms. The van der Waals surface area contributed by atoms with Crippen LogP contribution in [0, 0.1) is 3.57 Å². The molecule has 0 saturated carbocycles. The molecule has 0 aromatic carbocycles. The lowest BCUT2D eigenvalue weighted by molar-refractivity contribution is 0.223. The van der Waals surface area contributed by atoms with E-state index in [1.54, 1.807) is 0 Å². The molecule has 1 unspecified atom stereocenters. The van der Waals surface area contributed by atoms with Gasteiger partial charge in [0, 0.05) is 0 Å². The third kappa shape index (κ3) is 5.97. The van der Waals surface area contributed by atoms with Crippen LogP contribution < -0.4 is 0 Å². The van der Waals surface area contributed by atoms with Gasteiger partial charge in [0.25, 0.3) is 0 Å². The third-order valence-corrected chi connectivity index (χ3v) is 7.46. The molecule has 0 fully saturated rings. The Morgan fingerprint density at radius 1 is 1.05 bits per heavy atom. The molecule has 2 nitrogen and oxygen atoms in total. The highest BCUT2D eigenvalue weighted by molar-refractivity contribution is 14.1. The van der Waals surface area contributed by atoms with Gasteiger partial charge in [0.15, 0.2) is 5.15 Å². The summed E-state index contributed by atoms with van der Waals surface area (Å²) in [5, 5.41) is 5.21. The Morgan fingerprint density at radius 3 is 2.05 bits per heavy atom. The minimum Gasteiger partial charge on any atom is -0.250 e. The molecule has 0 aliphatic rings. The second-order valence-electron chi connectivity index (χ2n) is 6.43. The van der Waals surface area contributed by atoms with Crippen LogP contribution in [0.4, 0.5) is 0 Å². The normalized spacial score (nSPS) is 14.3. The van der Waals surface area contributed by atoms with Gasteiger partial charge in [-0.15, -0.1) is 0 Å². The van der Waals surface area contributed by atoms with Crippen LogP contribution >= 0.6 is 50.1 Å². The SMILES string of the molecule is CCCCCCCC(C)(CCCCC)n1nc(Cl)c(I)c1Br. The lowest BCUT2D eigenvalue weighted by Crippen LogP contribution is -2.31.